The molecule has 0 aliphatic heterocycles. The number of fused-ring (bicyclic) bond motifs is 1. The number of H-pyrrole nitrogens is 1. The van der Waals surface area contributed by atoms with Crippen molar-refractivity contribution in [2.45, 2.75) is 11.3 Å². The molecule has 0 saturated heterocycles. The van der Waals surface area contributed by atoms with Crippen LogP contribution in [0.5, 0.6) is 0 Å². The van der Waals surface area contributed by atoms with Gasteiger partial charge in [-0.3, -0.25) is 10.2 Å². The van der Waals surface area contributed by atoms with E-state index in [2.05, 4.69) is 10.3 Å². The van der Waals surface area contributed by atoms with Crippen LogP contribution in [0.25, 0.3) is 22.0 Å². The third-order valence-electron chi connectivity index (χ3n) is 5.11. The van der Waals surface area contributed by atoms with Crippen molar-refractivity contribution in [3.05, 3.63) is 84.1 Å². The average Bonchev–Trinajstić information content (AvgIpc) is 3.15. The minimum atomic E-state index is -3.95. The van der Waals surface area contributed by atoms with Gasteiger partial charge in [0.05, 0.1) is 11.3 Å². The first kappa shape index (κ1) is 21.3. The summed E-state index contributed by atoms with van der Waals surface area (Å²) >= 11 is 0. The highest BCUT2D eigenvalue weighted by atomic mass is 32.2. The molecular weight excluding hydrogens is 426 g/mol. The SMILES string of the molecule is N=C(N)c1ccc2[nH]cc(CC(=O)Nc3ccccc3-c3ccccc3S(N)(=O)=O)c2c1. The maximum absolute atomic E-state index is 12.9. The molecule has 0 bridgehead atoms. The van der Waals surface area contributed by atoms with Crippen LogP contribution in [0, 0.1) is 5.41 Å². The van der Waals surface area contributed by atoms with Crippen molar-refractivity contribution < 1.29 is 13.2 Å². The third-order valence-corrected chi connectivity index (χ3v) is 6.08. The Labute approximate surface area is 184 Å². The molecule has 8 nitrogen and oxygen atoms in total. The molecular formula is C23H21N5O3S. The van der Waals surface area contributed by atoms with Gasteiger partial charge < -0.3 is 16.0 Å². The Kier molecular flexibility index (Phi) is 5.52. The van der Waals surface area contributed by atoms with E-state index in [9.17, 15) is 13.2 Å². The third kappa shape index (κ3) is 4.25. The van der Waals surface area contributed by atoms with Gasteiger partial charge in [0.25, 0.3) is 0 Å². The molecule has 0 aliphatic rings. The molecule has 0 fully saturated rings. The maximum atomic E-state index is 12.9. The second-order valence-electron chi connectivity index (χ2n) is 7.30. The molecule has 0 spiro atoms. The lowest BCUT2D eigenvalue weighted by molar-refractivity contribution is -0.115. The Bertz CT molecular complexity index is 1460. The number of nitrogen functional groups attached to an aromatic ring is 1. The second-order valence-corrected chi connectivity index (χ2v) is 8.83. The Morgan fingerprint density at radius 2 is 1.69 bits per heavy atom. The van der Waals surface area contributed by atoms with Crippen LogP contribution in [-0.2, 0) is 21.2 Å². The summed E-state index contributed by atoms with van der Waals surface area (Å²) in [7, 11) is -3.95. The molecule has 3 aromatic carbocycles. The van der Waals surface area contributed by atoms with Crippen LogP contribution in [0.2, 0.25) is 0 Å². The van der Waals surface area contributed by atoms with Gasteiger partial charge in [0.2, 0.25) is 15.9 Å². The summed E-state index contributed by atoms with van der Waals surface area (Å²) in [6.07, 6.45) is 1.82. The highest BCUT2D eigenvalue weighted by Crippen LogP contribution is 2.32. The van der Waals surface area contributed by atoms with Crippen molar-refractivity contribution in [1.82, 2.24) is 4.98 Å². The topological polar surface area (TPSA) is 155 Å². The first-order valence-corrected chi connectivity index (χ1v) is 11.2. The predicted octanol–water partition coefficient (Wildman–Crippen LogP) is 2.95. The molecule has 1 aromatic heterocycles. The Morgan fingerprint density at radius 3 is 2.41 bits per heavy atom. The molecule has 162 valence electrons. The highest BCUT2D eigenvalue weighted by molar-refractivity contribution is 7.89. The number of benzene rings is 3. The normalized spacial score (nSPS) is 11.4. The fraction of sp³-hybridized carbons (Fsp3) is 0.0435. The number of carbonyl (C=O) groups excluding carboxylic acids is 1. The first-order chi connectivity index (χ1) is 15.2. The van der Waals surface area contributed by atoms with Crippen LogP contribution < -0.4 is 16.2 Å². The number of nitrogens with two attached hydrogens (primary N) is 2. The van der Waals surface area contributed by atoms with E-state index in [0.717, 1.165) is 16.5 Å². The monoisotopic (exact) mass is 447 g/mol. The predicted molar refractivity (Wildman–Crippen MR) is 125 cm³/mol. The summed E-state index contributed by atoms with van der Waals surface area (Å²) in [6, 6.07) is 18.6. The lowest BCUT2D eigenvalue weighted by Gasteiger charge is -2.14. The van der Waals surface area contributed by atoms with Crippen LogP contribution in [-0.4, -0.2) is 25.1 Å². The van der Waals surface area contributed by atoms with Gasteiger partial charge in [-0.15, -0.1) is 0 Å². The minimum absolute atomic E-state index is 0.0184. The van der Waals surface area contributed by atoms with Gasteiger partial charge in [-0.25, -0.2) is 13.6 Å². The molecule has 4 rings (SSSR count). The Morgan fingerprint density at radius 1 is 1.00 bits per heavy atom. The zero-order chi connectivity index (χ0) is 22.9. The van der Waals surface area contributed by atoms with E-state index in [4.69, 9.17) is 16.3 Å². The molecule has 9 heteroatoms. The van der Waals surface area contributed by atoms with Crippen LogP contribution in [0.1, 0.15) is 11.1 Å². The summed E-state index contributed by atoms with van der Waals surface area (Å²) in [4.78, 5) is 16.0. The van der Waals surface area contributed by atoms with Gasteiger partial charge in [-0.1, -0.05) is 36.4 Å². The standard InChI is InChI=1S/C23H21N5O3S/c24-23(25)14-9-10-19-18(11-14)15(13-27-19)12-22(29)28-20-7-3-1-5-16(20)17-6-2-4-8-21(17)32(26,30)31/h1-11,13,27H,12H2,(H3,24,25)(H,28,29)(H2,26,30,31). The molecule has 0 radical (unpaired) electrons. The molecule has 0 aliphatic carbocycles. The number of hydrogen-bond donors (Lipinski definition) is 5. The van der Waals surface area contributed by atoms with Gasteiger partial charge >= 0.3 is 0 Å². The molecule has 0 atom stereocenters. The van der Waals surface area contributed by atoms with Crippen molar-refractivity contribution in [3.63, 3.8) is 0 Å². The van der Waals surface area contributed by atoms with E-state index >= 15 is 0 Å². The van der Waals surface area contributed by atoms with Gasteiger partial charge in [0.1, 0.15) is 5.84 Å². The number of para-hydroxylation sites is 1. The van der Waals surface area contributed by atoms with Gasteiger partial charge in [-0.2, -0.15) is 0 Å². The fourth-order valence-corrected chi connectivity index (χ4v) is 4.38. The highest BCUT2D eigenvalue weighted by Gasteiger charge is 2.18. The van der Waals surface area contributed by atoms with Crippen molar-refractivity contribution >= 4 is 38.4 Å². The molecule has 32 heavy (non-hydrogen) atoms. The number of carbonyl (C=O) groups is 1. The first-order valence-electron chi connectivity index (χ1n) is 9.69. The van der Waals surface area contributed by atoms with Crippen LogP contribution >= 0.6 is 0 Å². The number of nitrogens with one attached hydrogen (secondary N) is 3. The molecule has 7 N–H and O–H groups in total. The summed E-state index contributed by atoms with van der Waals surface area (Å²) in [5, 5.41) is 16.7. The lowest BCUT2D eigenvalue weighted by atomic mass is 10.0. The molecule has 0 saturated carbocycles. The average molecular weight is 448 g/mol. The second kappa shape index (κ2) is 8.29. The van der Waals surface area contributed by atoms with Crippen molar-refractivity contribution in [3.8, 4) is 11.1 Å². The number of aromatic nitrogens is 1. The zero-order valence-corrected chi connectivity index (χ0v) is 17.7. The van der Waals surface area contributed by atoms with Gasteiger partial charge in [0.15, 0.2) is 0 Å². The van der Waals surface area contributed by atoms with Gasteiger partial charge in [0, 0.05) is 39.5 Å². The lowest BCUT2D eigenvalue weighted by Crippen LogP contribution is -2.16. The number of anilines is 1. The Hall–Kier alpha value is -3.95. The molecule has 0 unspecified atom stereocenters. The Balaban J connectivity index is 1.65. The van der Waals surface area contributed by atoms with E-state index in [0.29, 0.717) is 22.4 Å². The van der Waals surface area contributed by atoms with Crippen LogP contribution in [0.3, 0.4) is 0 Å². The van der Waals surface area contributed by atoms with E-state index in [1.807, 2.05) is 6.07 Å². The summed E-state index contributed by atoms with van der Waals surface area (Å²) in [5.41, 5.74) is 9.16. The zero-order valence-electron chi connectivity index (χ0n) is 16.9. The van der Waals surface area contributed by atoms with E-state index in [1.54, 1.807) is 60.8 Å². The van der Waals surface area contributed by atoms with Crippen LogP contribution in [0.15, 0.2) is 77.8 Å². The number of hydrogen-bond acceptors (Lipinski definition) is 4. The summed E-state index contributed by atoms with van der Waals surface area (Å²) < 4.78 is 24.1. The van der Waals surface area contributed by atoms with Gasteiger partial charge in [-0.05, 0) is 35.9 Å². The molecule has 1 heterocycles. The smallest absolute Gasteiger partial charge is 0.238 e. The van der Waals surface area contributed by atoms with Crippen molar-refractivity contribution in [2.24, 2.45) is 10.9 Å². The van der Waals surface area contributed by atoms with Crippen molar-refractivity contribution in [2.75, 3.05) is 5.32 Å². The van der Waals surface area contributed by atoms with Crippen LogP contribution in [0.4, 0.5) is 5.69 Å². The number of primary sulfonamides is 1. The number of amidine groups is 1. The van der Waals surface area contributed by atoms with Crippen molar-refractivity contribution in [1.29, 1.82) is 5.41 Å². The van der Waals surface area contributed by atoms with E-state index in [1.165, 1.54) is 6.07 Å². The maximum Gasteiger partial charge on any atom is 0.238 e. The quantitative estimate of drug-likeness (QED) is 0.228. The number of amides is 1. The fourth-order valence-electron chi connectivity index (χ4n) is 3.62. The molecule has 1 amide bonds. The summed E-state index contributed by atoms with van der Waals surface area (Å²) in [6.45, 7) is 0. The van der Waals surface area contributed by atoms with E-state index in [-0.39, 0.29) is 23.1 Å². The largest absolute Gasteiger partial charge is 0.384 e. The summed E-state index contributed by atoms with van der Waals surface area (Å²) in [5.74, 6) is -0.328. The number of sulfonamides is 1. The number of rotatable bonds is 6. The minimum Gasteiger partial charge on any atom is -0.384 e. The van der Waals surface area contributed by atoms with E-state index < -0.39 is 10.0 Å². The molecule has 4 aromatic rings. The number of aromatic amines is 1.